The molecule has 100 valence electrons. The van der Waals surface area contributed by atoms with Crippen molar-refractivity contribution in [1.29, 1.82) is 0 Å². The lowest BCUT2D eigenvalue weighted by Gasteiger charge is -2.11. The van der Waals surface area contributed by atoms with E-state index >= 15 is 0 Å². The zero-order valence-electron chi connectivity index (χ0n) is 10.9. The number of aromatic nitrogens is 3. The molecule has 3 heterocycles. The highest BCUT2D eigenvalue weighted by Crippen LogP contribution is 2.22. The normalized spacial score (nSPS) is 18.7. The average Bonchev–Trinajstić information content (AvgIpc) is 3.08. The van der Waals surface area contributed by atoms with Crippen LogP contribution >= 0.6 is 0 Å². The molecule has 1 aliphatic heterocycles. The van der Waals surface area contributed by atoms with Gasteiger partial charge in [0.25, 0.3) is 0 Å². The van der Waals surface area contributed by atoms with E-state index in [9.17, 15) is 0 Å². The van der Waals surface area contributed by atoms with Gasteiger partial charge in [-0.3, -0.25) is 0 Å². The Morgan fingerprint density at radius 1 is 1.42 bits per heavy atom. The minimum atomic E-state index is 0.386. The molecule has 2 N–H and O–H groups in total. The molecule has 2 aromatic heterocycles. The Kier molecular flexibility index (Phi) is 3.41. The fourth-order valence-electron chi connectivity index (χ4n) is 2.27. The molecule has 0 radical (unpaired) electrons. The predicted molar refractivity (Wildman–Crippen MR) is 70.6 cm³/mol. The largest absolute Gasteiger partial charge is 0.364 e. The summed E-state index contributed by atoms with van der Waals surface area (Å²) >= 11 is 0. The Morgan fingerprint density at radius 2 is 2.37 bits per heavy atom. The van der Waals surface area contributed by atoms with E-state index in [1.165, 1.54) is 6.42 Å². The van der Waals surface area contributed by atoms with Crippen molar-refractivity contribution in [2.75, 3.05) is 11.9 Å². The van der Waals surface area contributed by atoms with E-state index in [1.807, 2.05) is 19.1 Å². The van der Waals surface area contributed by atoms with Crippen molar-refractivity contribution in [2.45, 2.75) is 32.4 Å². The maximum absolute atomic E-state index is 4.67. The molecule has 1 saturated heterocycles. The summed E-state index contributed by atoms with van der Waals surface area (Å²) in [4.78, 5) is 4.63. The Balaban J connectivity index is 1.67. The third-order valence-electron chi connectivity index (χ3n) is 3.37. The molecular weight excluding hydrogens is 242 g/mol. The molecule has 0 aromatic carbocycles. The van der Waals surface area contributed by atoms with E-state index in [0.717, 1.165) is 35.9 Å². The van der Waals surface area contributed by atoms with E-state index in [2.05, 4.69) is 36.6 Å². The maximum Gasteiger partial charge on any atom is 0.127 e. The summed E-state index contributed by atoms with van der Waals surface area (Å²) in [6.45, 7) is 3.53. The van der Waals surface area contributed by atoms with Crippen molar-refractivity contribution in [3.63, 3.8) is 0 Å². The van der Waals surface area contributed by atoms with Gasteiger partial charge in [0.15, 0.2) is 0 Å². The second-order valence-electron chi connectivity index (χ2n) is 4.75. The van der Waals surface area contributed by atoms with Gasteiger partial charge in [0.1, 0.15) is 17.2 Å². The molecule has 0 amide bonds. The lowest BCUT2D eigenvalue weighted by molar-refractivity contribution is 0.301. The highest BCUT2D eigenvalue weighted by atomic mass is 16.6. The number of nitrogens with zero attached hydrogens (tertiary/aromatic N) is 3. The van der Waals surface area contributed by atoms with Gasteiger partial charge in [0, 0.05) is 6.04 Å². The Bertz CT molecular complexity index is 547. The summed E-state index contributed by atoms with van der Waals surface area (Å²) in [7, 11) is 0. The molecule has 6 nitrogen and oxygen atoms in total. The van der Waals surface area contributed by atoms with Gasteiger partial charge in [-0.2, -0.15) is 0 Å². The van der Waals surface area contributed by atoms with E-state index in [0.29, 0.717) is 12.6 Å². The first kappa shape index (κ1) is 12.1. The number of hydrogen-bond acceptors (Lipinski definition) is 6. The average molecular weight is 259 g/mol. The van der Waals surface area contributed by atoms with Crippen molar-refractivity contribution >= 4 is 5.82 Å². The minimum Gasteiger partial charge on any atom is -0.364 e. The second kappa shape index (κ2) is 5.36. The van der Waals surface area contributed by atoms with Crippen LogP contribution in [-0.2, 0) is 6.54 Å². The van der Waals surface area contributed by atoms with Crippen LogP contribution in [0.3, 0.4) is 0 Å². The quantitative estimate of drug-likeness (QED) is 0.872. The van der Waals surface area contributed by atoms with E-state index in [1.54, 1.807) is 0 Å². The van der Waals surface area contributed by atoms with Crippen molar-refractivity contribution in [3.05, 3.63) is 35.3 Å². The summed E-state index contributed by atoms with van der Waals surface area (Å²) in [5, 5.41) is 14.3. The first-order valence-corrected chi connectivity index (χ1v) is 6.55. The number of aryl methyl sites for hydroxylation is 1. The zero-order chi connectivity index (χ0) is 13.1. The van der Waals surface area contributed by atoms with Crippen LogP contribution in [0.4, 0.5) is 5.82 Å². The standard InChI is InChI=1S/C13H17N5O/c1-9-12(18-19-17-9)8-15-13-6-2-4-11(16-13)10-5-3-7-14-10/h2,4,6,10,14H,3,5,7-8H2,1H3,(H,15,16)/t10-/m0/s1. The van der Waals surface area contributed by atoms with Gasteiger partial charge in [0.05, 0.1) is 12.2 Å². The SMILES string of the molecule is Cc1nonc1CNc1cccc([C@@H]2CCCN2)n1. The molecule has 3 rings (SSSR count). The van der Waals surface area contributed by atoms with Gasteiger partial charge in [0.2, 0.25) is 0 Å². The lowest BCUT2D eigenvalue weighted by Crippen LogP contribution is -2.15. The molecule has 1 fully saturated rings. The molecule has 0 bridgehead atoms. The first-order chi connectivity index (χ1) is 9.33. The molecule has 0 saturated carbocycles. The van der Waals surface area contributed by atoms with Gasteiger partial charge >= 0.3 is 0 Å². The van der Waals surface area contributed by atoms with E-state index < -0.39 is 0 Å². The fourth-order valence-corrected chi connectivity index (χ4v) is 2.27. The molecule has 2 aromatic rings. The maximum atomic E-state index is 4.67. The topological polar surface area (TPSA) is 75.9 Å². The first-order valence-electron chi connectivity index (χ1n) is 6.55. The second-order valence-corrected chi connectivity index (χ2v) is 4.75. The van der Waals surface area contributed by atoms with Gasteiger partial charge in [-0.25, -0.2) is 9.61 Å². The minimum absolute atomic E-state index is 0.386. The van der Waals surface area contributed by atoms with Crippen molar-refractivity contribution in [2.24, 2.45) is 0 Å². The van der Waals surface area contributed by atoms with E-state index in [4.69, 9.17) is 0 Å². The predicted octanol–water partition coefficient (Wildman–Crippen LogP) is 1.81. The van der Waals surface area contributed by atoms with Gasteiger partial charge < -0.3 is 10.6 Å². The summed E-state index contributed by atoms with van der Waals surface area (Å²) in [6.07, 6.45) is 2.37. The van der Waals surface area contributed by atoms with E-state index in [-0.39, 0.29) is 0 Å². The van der Waals surface area contributed by atoms with Crippen LogP contribution in [-0.4, -0.2) is 21.8 Å². The molecule has 1 atom stereocenters. The third-order valence-corrected chi connectivity index (χ3v) is 3.37. The van der Waals surface area contributed by atoms with Gasteiger partial charge in [-0.1, -0.05) is 16.4 Å². The third kappa shape index (κ3) is 2.73. The number of nitrogens with one attached hydrogen (secondary N) is 2. The summed E-state index contributed by atoms with van der Waals surface area (Å²) in [6, 6.07) is 6.44. The summed E-state index contributed by atoms with van der Waals surface area (Å²) in [5.74, 6) is 0.855. The highest BCUT2D eigenvalue weighted by molar-refractivity contribution is 5.36. The van der Waals surface area contributed by atoms with Crippen LogP contribution in [0.25, 0.3) is 0 Å². The Labute approximate surface area is 111 Å². The van der Waals surface area contributed by atoms with Crippen molar-refractivity contribution in [1.82, 2.24) is 20.6 Å². The Hall–Kier alpha value is -1.95. The van der Waals surface area contributed by atoms with Gasteiger partial charge in [-0.15, -0.1) is 0 Å². The summed E-state index contributed by atoms with van der Waals surface area (Å²) < 4.78 is 4.67. The lowest BCUT2D eigenvalue weighted by atomic mass is 10.1. The molecule has 0 spiro atoms. The van der Waals surface area contributed by atoms with Crippen molar-refractivity contribution < 1.29 is 4.63 Å². The molecule has 0 aliphatic carbocycles. The Morgan fingerprint density at radius 3 is 3.11 bits per heavy atom. The molecule has 6 heteroatoms. The van der Waals surface area contributed by atoms with Crippen molar-refractivity contribution in [3.8, 4) is 0 Å². The summed E-state index contributed by atoms with van der Waals surface area (Å²) in [5.41, 5.74) is 2.71. The number of rotatable bonds is 4. The molecule has 1 aliphatic rings. The van der Waals surface area contributed by atoms with Gasteiger partial charge in [-0.05, 0) is 38.4 Å². The molecular formula is C13H17N5O. The highest BCUT2D eigenvalue weighted by Gasteiger charge is 2.17. The molecule has 19 heavy (non-hydrogen) atoms. The monoisotopic (exact) mass is 259 g/mol. The number of pyridine rings is 1. The van der Waals surface area contributed by atoms with Crippen LogP contribution in [0.15, 0.2) is 22.8 Å². The van der Waals surface area contributed by atoms with Crippen LogP contribution in [0, 0.1) is 6.92 Å². The zero-order valence-corrected chi connectivity index (χ0v) is 10.9. The van der Waals surface area contributed by atoms with Crippen LogP contribution in [0.2, 0.25) is 0 Å². The van der Waals surface area contributed by atoms with Crippen LogP contribution < -0.4 is 10.6 Å². The molecule has 0 unspecified atom stereocenters. The number of hydrogen-bond donors (Lipinski definition) is 2. The fraction of sp³-hybridized carbons (Fsp3) is 0.462. The number of anilines is 1. The van der Waals surface area contributed by atoms with Crippen LogP contribution in [0.5, 0.6) is 0 Å². The smallest absolute Gasteiger partial charge is 0.127 e. The van der Waals surface area contributed by atoms with Crippen LogP contribution in [0.1, 0.15) is 36.0 Å².